The molecule has 2 rings (SSSR count). The average Bonchev–Trinajstić information content (AvgIpc) is 2.59. The zero-order chi connectivity index (χ0) is 13.0. The summed E-state index contributed by atoms with van der Waals surface area (Å²) < 4.78 is 11.3. The van der Waals surface area contributed by atoms with Gasteiger partial charge in [-0.15, -0.1) is 0 Å². The average molecular weight is 250 g/mol. The van der Waals surface area contributed by atoms with Gasteiger partial charge in [0.25, 0.3) is 0 Å². The maximum atomic E-state index is 5.70. The van der Waals surface area contributed by atoms with Crippen LogP contribution >= 0.6 is 0 Å². The summed E-state index contributed by atoms with van der Waals surface area (Å²) in [5, 5.41) is 0. The number of fused-ring (bicyclic) bond motifs is 1. The molecular formula is C14H22N2O2. The second kappa shape index (κ2) is 6.07. The Morgan fingerprint density at radius 3 is 2.61 bits per heavy atom. The Kier molecular flexibility index (Phi) is 4.44. The van der Waals surface area contributed by atoms with E-state index >= 15 is 0 Å². The first kappa shape index (κ1) is 13.2. The summed E-state index contributed by atoms with van der Waals surface area (Å²) >= 11 is 0. The molecule has 4 nitrogen and oxygen atoms in total. The molecule has 0 bridgehead atoms. The smallest absolute Gasteiger partial charge is 0.161 e. The number of hydrogen-bond acceptors (Lipinski definition) is 4. The summed E-state index contributed by atoms with van der Waals surface area (Å²) in [5.74, 6) is 7.88. The third-order valence-corrected chi connectivity index (χ3v) is 3.08. The molecule has 0 spiro atoms. The van der Waals surface area contributed by atoms with Crippen molar-refractivity contribution in [1.29, 1.82) is 0 Å². The van der Waals surface area contributed by atoms with Crippen LogP contribution in [0, 0.1) is 5.92 Å². The molecule has 0 radical (unpaired) electrons. The Hall–Kier alpha value is -1.26. The van der Waals surface area contributed by atoms with Crippen LogP contribution < -0.4 is 20.7 Å². The van der Waals surface area contributed by atoms with Gasteiger partial charge in [-0.1, -0.05) is 19.9 Å². The van der Waals surface area contributed by atoms with Crippen molar-refractivity contribution in [1.82, 2.24) is 5.43 Å². The fourth-order valence-electron chi connectivity index (χ4n) is 2.17. The molecule has 1 aromatic carbocycles. The first-order chi connectivity index (χ1) is 8.70. The quantitative estimate of drug-likeness (QED) is 0.636. The highest BCUT2D eigenvalue weighted by Gasteiger charge is 2.16. The molecule has 1 atom stereocenters. The summed E-state index contributed by atoms with van der Waals surface area (Å²) in [6.45, 7) is 5.80. The number of nitrogens with two attached hydrogens (primary N) is 1. The predicted molar refractivity (Wildman–Crippen MR) is 71.6 cm³/mol. The van der Waals surface area contributed by atoms with Crippen molar-refractivity contribution in [2.75, 3.05) is 13.2 Å². The van der Waals surface area contributed by atoms with Gasteiger partial charge in [0.2, 0.25) is 0 Å². The molecule has 4 heteroatoms. The summed E-state index contributed by atoms with van der Waals surface area (Å²) in [5.41, 5.74) is 4.02. The zero-order valence-corrected chi connectivity index (χ0v) is 11.1. The van der Waals surface area contributed by atoms with Gasteiger partial charge in [-0.05, 0) is 30.0 Å². The van der Waals surface area contributed by atoms with E-state index in [0.717, 1.165) is 36.5 Å². The van der Waals surface area contributed by atoms with E-state index in [4.69, 9.17) is 15.3 Å². The lowest BCUT2D eigenvalue weighted by molar-refractivity contribution is 0.297. The molecule has 1 aliphatic rings. The second-order valence-corrected chi connectivity index (χ2v) is 5.11. The van der Waals surface area contributed by atoms with Crippen LogP contribution in [0.2, 0.25) is 0 Å². The first-order valence-corrected chi connectivity index (χ1v) is 6.56. The predicted octanol–water partition coefficient (Wildman–Crippen LogP) is 2.40. The molecule has 1 heterocycles. The lowest BCUT2D eigenvalue weighted by Crippen LogP contribution is -2.29. The Balaban J connectivity index is 2.20. The minimum Gasteiger partial charge on any atom is -0.490 e. The van der Waals surface area contributed by atoms with Crippen LogP contribution in [0.1, 0.15) is 38.3 Å². The molecule has 0 aromatic heterocycles. The van der Waals surface area contributed by atoms with E-state index in [1.807, 2.05) is 12.1 Å². The number of benzene rings is 1. The van der Waals surface area contributed by atoms with Gasteiger partial charge in [0.15, 0.2) is 11.5 Å². The van der Waals surface area contributed by atoms with Crippen molar-refractivity contribution < 1.29 is 9.47 Å². The van der Waals surface area contributed by atoms with E-state index in [2.05, 4.69) is 25.3 Å². The van der Waals surface area contributed by atoms with Crippen LogP contribution in [0.15, 0.2) is 18.2 Å². The fourth-order valence-corrected chi connectivity index (χ4v) is 2.17. The molecule has 0 amide bonds. The molecule has 18 heavy (non-hydrogen) atoms. The number of rotatable bonds is 4. The summed E-state index contributed by atoms with van der Waals surface area (Å²) in [4.78, 5) is 0. The van der Waals surface area contributed by atoms with Crippen molar-refractivity contribution in [3.8, 4) is 11.5 Å². The van der Waals surface area contributed by atoms with Crippen LogP contribution in [-0.4, -0.2) is 13.2 Å². The van der Waals surface area contributed by atoms with E-state index in [0.29, 0.717) is 12.5 Å². The van der Waals surface area contributed by atoms with E-state index in [1.54, 1.807) is 0 Å². The maximum absolute atomic E-state index is 5.70. The number of ether oxygens (including phenoxy) is 2. The van der Waals surface area contributed by atoms with Crippen molar-refractivity contribution in [3.05, 3.63) is 23.8 Å². The summed E-state index contributed by atoms with van der Waals surface area (Å²) in [7, 11) is 0. The summed E-state index contributed by atoms with van der Waals surface area (Å²) in [6.07, 6.45) is 1.92. The molecule has 100 valence electrons. The SMILES string of the molecule is CC(C)CC(NN)c1ccc2c(c1)OCCCO2. The molecule has 3 N–H and O–H groups in total. The third kappa shape index (κ3) is 3.15. The molecule has 1 aromatic rings. The molecule has 0 aliphatic carbocycles. The Morgan fingerprint density at radius 1 is 1.22 bits per heavy atom. The highest BCUT2D eigenvalue weighted by Crippen LogP contribution is 2.33. The summed E-state index contributed by atoms with van der Waals surface area (Å²) in [6, 6.07) is 6.22. The third-order valence-electron chi connectivity index (χ3n) is 3.08. The van der Waals surface area contributed by atoms with Crippen molar-refractivity contribution >= 4 is 0 Å². The first-order valence-electron chi connectivity index (χ1n) is 6.56. The normalized spacial score (nSPS) is 16.4. The van der Waals surface area contributed by atoms with Gasteiger partial charge >= 0.3 is 0 Å². The molecule has 0 saturated heterocycles. The minimum atomic E-state index is 0.155. The largest absolute Gasteiger partial charge is 0.490 e. The standard InChI is InChI=1S/C14H22N2O2/c1-10(2)8-12(16-15)11-4-5-13-14(9-11)18-7-3-6-17-13/h4-5,9-10,12,16H,3,6-8,15H2,1-2H3. The molecular weight excluding hydrogens is 228 g/mol. The van der Waals surface area contributed by atoms with Gasteiger partial charge in [-0.3, -0.25) is 11.3 Å². The zero-order valence-electron chi connectivity index (χ0n) is 11.1. The Bertz CT molecular complexity index is 393. The van der Waals surface area contributed by atoms with Crippen LogP contribution in [0.4, 0.5) is 0 Å². The lowest BCUT2D eigenvalue weighted by atomic mass is 9.97. The van der Waals surface area contributed by atoms with Crippen LogP contribution in [-0.2, 0) is 0 Å². The lowest BCUT2D eigenvalue weighted by Gasteiger charge is -2.19. The number of nitrogens with one attached hydrogen (secondary N) is 1. The number of hydrazine groups is 1. The van der Waals surface area contributed by atoms with Gasteiger partial charge in [-0.25, -0.2) is 0 Å². The van der Waals surface area contributed by atoms with E-state index < -0.39 is 0 Å². The molecule has 0 saturated carbocycles. The van der Waals surface area contributed by atoms with Crippen molar-refractivity contribution in [2.24, 2.45) is 11.8 Å². The monoisotopic (exact) mass is 250 g/mol. The Labute approximate surface area is 108 Å². The highest BCUT2D eigenvalue weighted by molar-refractivity contribution is 5.44. The van der Waals surface area contributed by atoms with Gasteiger partial charge in [0.1, 0.15) is 0 Å². The van der Waals surface area contributed by atoms with E-state index in [-0.39, 0.29) is 6.04 Å². The van der Waals surface area contributed by atoms with Gasteiger partial charge < -0.3 is 9.47 Å². The van der Waals surface area contributed by atoms with Crippen molar-refractivity contribution in [2.45, 2.75) is 32.7 Å². The number of hydrogen-bond donors (Lipinski definition) is 2. The van der Waals surface area contributed by atoms with E-state index in [1.165, 1.54) is 0 Å². The van der Waals surface area contributed by atoms with E-state index in [9.17, 15) is 0 Å². The Morgan fingerprint density at radius 2 is 1.94 bits per heavy atom. The van der Waals surface area contributed by atoms with Gasteiger partial charge in [0.05, 0.1) is 13.2 Å². The van der Waals surface area contributed by atoms with Crippen LogP contribution in [0.5, 0.6) is 11.5 Å². The maximum Gasteiger partial charge on any atom is 0.161 e. The topological polar surface area (TPSA) is 56.5 Å². The minimum absolute atomic E-state index is 0.155. The van der Waals surface area contributed by atoms with Gasteiger partial charge in [0, 0.05) is 12.5 Å². The van der Waals surface area contributed by atoms with Crippen LogP contribution in [0.25, 0.3) is 0 Å². The van der Waals surface area contributed by atoms with Crippen molar-refractivity contribution in [3.63, 3.8) is 0 Å². The fraction of sp³-hybridized carbons (Fsp3) is 0.571. The highest BCUT2D eigenvalue weighted by atomic mass is 16.5. The second-order valence-electron chi connectivity index (χ2n) is 5.11. The van der Waals surface area contributed by atoms with Crippen LogP contribution in [0.3, 0.4) is 0 Å². The van der Waals surface area contributed by atoms with Gasteiger partial charge in [-0.2, -0.15) is 0 Å². The molecule has 1 unspecified atom stereocenters. The molecule has 1 aliphatic heterocycles. The molecule has 0 fully saturated rings.